The zero-order valence-corrected chi connectivity index (χ0v) is 15.8. The highest BCUT2D eigenvalue weighted by molar-refractivity contribution is 7.80. The molecule has 0 heterocycles. The molecular weight excluding hydrogens is 399 g/mol. The SMILES string of the molecule is CCOc1ccc(C(=O)NC(=S)Nc2ccc(C(=O)O)c(Cl)c2)cc1Cl. The fourth-order valence-corrected chi connectivity index (χ4v) is 2.73. The van der Waals surface area contributed by atoms with E-state index in [0.717, 1.165) is 0 Å². The number of amides is 1. The molecule has 2 aromatic rings. The molecule has 1 amide bonds. The van der Waals surface area contributed by atoms with Crippen LogP contribution < -0.4 is 15.4 Å². The molecule has 0 fully saturated rings. The average Bonchev–Trinajstić information content (AvgIpc) is 2.56. The van der Waals surface area contributed by atoms with Crippen LogP contribution in [0.3, 0.4) is 0 Å². The molecule has 0 aliphatic rings. The third-order valence-corrected chi connectivity index (χ3v) is 3.99. The van der Waals surface area contributed by atoms with Gasteiger partial charge in [0.2, 0.25) is 0 Å². The lowest BCUT2D eigenvalue weighted by molar-refractivity contribution is 0.0697. The van der Waals surface area contributed by atoms with E-state index >= 15 is 0 Å². The number of carbonyl (C=O) groups is 2. The first-order chi connectivity index (χ1) is 12.3. The number of hydrogen-bond donors (Lipinski definition) is 3. The van der Waals surface area contributed by atoms with Crippen molar-refractivity contribution >= 4 is 58.1 Å². The normalized spacial score (nSPS) is 10.1. The van der Waals surface area contributed by atoms with Crippen molar-refractivity contribution in [2.24, 2.45) is 0 Å². The Kier molecular flexibility index (Phi) is 6.79. The molecule has 0 bridgehead atoms. The number of hydrogen-bond acceptors (Lipinski definition) is 4. The summed E-state index contributed by atoms with van der Waals surface area (Å²) in [5, 5.41) is 14.6. The molecule has 0 saturated heterocycles. The summed E-state index contributed by atoms with van der Waals surface area (Å²) in [7, 11) is 0. The number of ether oxygens (including phenoxy) is 1. The largest absolute Gasteiger partial charge is 0.492 e. The van der Waals surface area contributed by atoms with Gasteiger partial charge in [0.25, 0.3) is 5.91 Å². The second-order valence-electron chi connectivity index (χ2n) is 4.99. The highest BCUT2D eigenvalue weighted by atomic mass is 35.5. The van der Waals surface area contributed by atoms with Crippen LogP contribution in [-0.4, -0.2) is 28.7 Å². The van der Waals surface area contributed by atoms with Gasteiger partial charge in [-0.25, -0.2) is 4.79 Å². The Morgan fingerprint density at radius 1 is 1.15 bits per heavy atom. The number of carbonyl (C=O) groups excluding carboxylic acids is 1. The fraction of sp³-hybridized carbons (Fsp3) is 0.118. The molecule has 0 spiro atoms. The van der Waals surface area contributed by atoms with E-state index in [1.54, 1.807) is 12.1 Å². The standard InChI is InChI=1S/C17H14Cl2N2O4S/c1-2-25-14-6-3-9(7-13(14)19)15(22)21-17(26)20-10-4-5-11(16(23)24)12(18)8-10/h3-8H,2H2,1H3,(H,23,24)(H2,20,21,22,26). The van der Waals surface area contributed by atoms with Crippen LogP contribution in [0.5, 0.6) is 5.75 Å². The van der Waals surface area contributed by atoms with Crippen LogP contribution in [0.4, 0.5) is 5.69 Å². The Morgan fingerprint density at radius 2 is 1.88 bits per heavy atom. The van der Waals surface area contributed by atoms with Gasteiger partial charge in [0, 0.05) is 11.3 Å². The van der Waals surface area contributed by atoms with Gasteiger partial charge >= 0.3 is 5.97 Å². The van der Waals surface area contributed by atoms with Crippen molar-refractivity contribution in [1.29, 1.82) is 0 Å². The molecule has 0 saturated carbocycles. The third kappa shape index (κ3) is 5.08. The Bertz CT molecular complexity index is 874. The molecule has 0 unspecified atom stereocenters. The second-order valence-corrected chi connectivity index (χ2v) is 6.21. The molecule has 0 aliphatic carbocycles. The van der Waals surface area contributed by atoms with Gasteiger partial charge in [-0.15, -0.1) is 0 Å². The average molecular weight is 413 g/mol. The fourth-order valence-electron chi connectivity index (χ4n) is 2.02. The van der Waals surface area contributed by atoms with E-state index in [-0.39, 0.29) is 15.7 Å². The number of nitrogens with one attached hydrogen (secondary N) is 2. The Hall–Kier alpha value is -2.35. The van der Waals surface area contributed by atoms with Crippen LogP contribution in [0.15, 0.2) is 36.4 Å². The van der Waals surface area contributed by atoms with E-state index in [4.69, 9.17) is 45.3 Å². The van der Waals surface area contributed by atoms with Crippen LogP contribution in [0.25, 0.3) is 0 Å². The van der Waals surface area contributed by atoms with Crippen LogP contribution in [0, 0.1) is 0 Å². The summed E-state index contributed by atoms with van der Waals surface area (Å²) in [6.07, 6.45) is 0. The number of carboxylic acids is 1. The number of thiocarbonyl (C=S) groups is 1. The summed E-state index contributed by atoms with van der Waals surface area (Å²) in [6, 6.07) is 8.86. The van der Waals surface area contributed by atoms with E-state index in [1.807, 2.05) is 6.92 Å². The van der Waals surface area contributed by atoms with E-state index in [0.29, 0.717) is 28.6 Å². The van der Waals surface area contributed by atoms with Crippen molar-refractivity contribution in [2.75, 3.05) is 11.9 Å². The number of halogens is 2. The lowest BCUT2D eigenvalue weighted by atomic mass is 10.2. The van der Waals surface area contributed by atoms with Crippen LogP contribution >= 0.6 is 35.4 Å². The van der Waals surface area contributed by atoms with Gasteiger partial charge in [0.15, 0.2) is 5.11 Å². The van der Waals surface area contributed by atoms with E-state index in [9.17, 15) is 9.59 Å². The Morgan fingerprint density at radius 3 is 2.46 bits per heavy atom. The van der Waals surface area contributed by atoms with Crippen molar-refractivity contribution in [3.8, 4) is 5.75 Å². The highest BCUT2D eigenvalue weighted by Crippen LogP contribution is 2.25. The van der Waals surface area contributed by atoms with E-state index in [2.05, 4.69) is 10.6 Å². The monoisotopic (exact) mass is 412 g/mol. The predicted molar refractivity (Wildman–Crippen MR) is 105 cm³/mol. The molecule has 6 nitrogen and oxygen atoms in total. The summed E-state index contributed by atoms with van der Waals surface area (Å²) >= 11 is 17.0. The molecule has 2 aromatic carbocycles. The number of aromatic carboxylic acids is 1. The molecular formula is C17H14Cl2N2O4S. The topological polar surface area (TPSA) is 87.7 Å². The van der Waals surface area contributed by atoms with Crippen LogP contribution in [0.1, 0.15) is 27.6 Å². The van der Waals surface area contributed by atoms with Gasteiger partial charge in [0.05, 0.1) is 22.2 Å². The van der Waals surface area contributed by atoms with Gasteiger partial charge in [-0.3, -0.25) is 10.1 Å². The third-order valence-electron chi connectivity index (χ3n) is 3.18. The summed E-state index contributed by atoms with van der Waals surface area (Å²) in [5.41, 5.74) is 0.716. The van der Waals surface area contributed by atoms with Gasteiger partial charge in [0.1, 0.15) is 5.75 Å². The zero-order valence-electron chi connectivity index (χ0n) is 13.5. The maximum Gasteiger partial charge on any atom is 0.337 e. The molecule has 0 aromatic heterocycles. The van der Waals surface area contributed by atoms with Crippen molar-refractivity contribution in [3.05, 3.63) is 57.6 Å². The van der Waals surface area contributed by atoms with Crippen LogP contribution in [-0.2, 0) is 0 Å². The van der Waals surface area contributed by atoms with Crippen molar-refractivity contribution < 1.29 is 19.4 Å². The lowest BCUT2D eigenvalue weighted by Crippen LogP contribution is -2.34. The van der Waals surface area contributed by atoms with Gasteiger partial charge in [-0.2, -0.15) is 0 Å². The molecule has 2 rings (SSSR count). The first-order valence-electron chi connectivity index (χ1n) is 7.39. The predicted octanol–water partition coefficient (Wildman–Crippen LogP) is 4.22. The van der Waals surface area contributed by atoms with Gasteiger partial charge in [-0.05, 0) is 55.5 Å². The number of anilines is 1. The van der Waals surface area contributed by atoms with Crippen molar-refractivity contribution in [2.45, 2.75) is 6.92 Å². The minimum atomic E-state index is -1.13. The van der Waals surface area contributed by atoms with E-state index in [1.165, 1.54) is 24.3 Å². The molecule has 0 radical (unpaired) electrons. The summed E-state index contributed by atoms with van der Waals surface area (Å²) in [4.78, 5) is 23.2. The van der Waals surface area contributed by atoms with Crippen LogP contribution in [0.2, 0.25) is 10.0 Å². The van der Waals surface area contributed by atoms with Crippen molar-refractivity contribution in [1.82, 2.24) is 5.32 Å². The summed E-state index contributed by atoms with van der Waals surface area (Å²) in [5.74, 6) is -1.11. The smallest absolute Gasteiger partial charge is 0.337 e. The molecule has 3 N–H and O–H groups in total. The molecule has 0 aliphatic heterocycles. The second kappa shape index (κ2) is 8.84. The number of carboxylic acid groups (broad SMARTS) is 1. The number of benzene rings is 2. The summed E-state index contributed by atoms with van der Waals surface area (Å²) in [6.45, 7) is 2.29. The molecule has 0 atom stereocenters. The molecule has 26 heavy (non-hydrogen) atoms. The van der Waals surface area contributed by atoms with Crippen molar-refractivity contribution in [3.63, 3.8) is 0 Å². The maximum atomic E-state index is 12.2. The lowest BCUT2D eigenvalue weighted by Gasteiger charge is -2.11. The molecule has 9 heteroatoms. The first-order valence-corrected chi connectivity index (χ1v) is 8.55. The van der Waals surface area contributed by atoms with Gasteiger partial charge < -0.3 is 15.2 Å². The Labute approximate surface area is 165 Å². The van der Waals surface area contributed by atoms with E-state index < -0.39 is 11.9 Å². The minimum Gasteiger partial charge on any atom is -0.492 e. The number of rotatable bonds is 5. The maximum absolute atomic E-state index is 12.2. The first kappa shape index (κ1) is 20.0. The Balaban J connectivity index is 2.03. The quantitative estimate of drug-likeness (QED) is 0.637. The molecule has 136 valence electrons. The summed E-state index contributed by atoms with van der Waals surface area (Å²) < 4.78 is 5.31. The highest BCUT2D eigenvalue weighted by Gasteiger charge is 2.13. The zero-order chi connectivity index (χ0) is 19.3. The van der Waals surface area contributed by atoms with Gasteiger partial charge in [-0.1, -0.05) is 23.2 Å². The minimum absolute atomic E-state index is 0.0270.